The molecule has 116 valence electrons. The van der Waals surface area contributed by atoms with Gasteiger partial charge in [-0.25, -0.2) is 4.79 Å². The Hall–Kier alpha value is -1.26. The molecule has 0 spiro atoms. The minimum atomic E-state index is -0.290. The lowest BCUT2D eigenvalue weighted by Gasteiger charge is -2.31. The first-order chi connectivity index (χ1) is 9.97. The van der Waals surface area contributed by atoms with Gasteiger partial charge in [0.1, 0.15) is 0 Å². The Labute approximate surface area is 131 Å². The van der Waals surface area contributed by atoms with E-state index < -0.39 is 0 Å². The van der Waals surface area contributed by atoms with Crippen molar-refractivity contribution in [1.82, 2.24) is 4.90 Å². The van der Waals surface area contributed by atoms with Crippen LogP contribution in [-0.2, 0) is 0 Å². The van der Waals surface area contributed by atoms with Crippen LogP contribution in [-0.4, -0.2) is 35.7 Å². The van der Waals surface area contributed by atoms with Gasteiger partial charge in [0, 0.05) is 30.2 Å². The van der Waals surface area contributed by atoms with Crippen molar-refractivity contribution in [2.24, 2.45) is 5.92 Å². The second-order valence-corrected chi connectivity index (χ2v) is 6.32. The highest BCUT2D eigenvalue weighted by Gasteiger charge is 2.25. The number of hydrogen-bond acceptors (Lipinski definition) is 2. The van der Waals surface area contributed by atoms with Gasteiger partial charge in [-0.05, 0) is 37.5 Å². The molecule has 0 aliphatic heterocycles. The molecule has 2 rings (SSSR count). The molecule has 1 aromatic rings. The number of aliphatic hydroxyl groups is 1. The zero-order valence-corrected chi connectivity index (χ0v) is 13.4. The van der Waals surface area contributed by atoms with Crippen molar-refractivity contribution in [2.45, 2.75) is 38.7 Å². The van der Waals surface area contributed by atoms with Crippen molar-refractivity contribution in [3.05, 3.63) is 28.8 Å². The second-order valence-electron chi connectivity index (χ2n) is 5.88. The van der Waals surface area contributed by atoms with Crippen LogP contribution in [0.2, 0.25) is 5.02 Å². The Morgan fingerprint density at radius 2 is 2.14 bits per heavy atom. The van der Waals surface area contributed by atoms with E-state index in [-0.39, 0.29) is 18.1 Å². The number of nitrogens with one attached hydrogen (secondary N) is 1. The molecular weight excluding hydrogens is 288 g/mol. The third-order valence-electron chi connectivity index (χ3n) is 4.17. The summed E-state index contributed by atoms with van der Waals surface area (Å²) in [5.74, 6) is 0.176. The SMILES string of the molecule is Cc1ccc(Cl)cc1NC(=O)N(C)CC1CCCCC1O. The number of carbonyl (C=O) groups excluding carboxylic acids is 1. The standard InChI is InChI=1S/C16H23ClN2O2/c1-11-7-8-13(17)9-14(11)18-16(21)19(2)10-12-5-3-4-6-15(12)20/h7-9,12,15,20H,3-6,10H2,1-2H3,(H,18,21). The quantitative estimate of drug-likeness (QED) is 0.895. The van der Waals surface area contributed by atoms with Crippen LogP contribution >= 0.6 is 11.6 Å². The van der Waals surface area contributed by atoms with Gasteiger partial charge in [-0.2, -0.15) is 0 Å². The third-order valence-corrected chi connectivity index (χ3v) is 4.40. The third kappa shape index (κ3) is 4.35. The topological polar surface area (TPSA) is 52.6 Å². The lowest BCUT2D eigenvalue weighted by molar-refractivity contribution is 0.0575. The first-order valence-electron chi connectivity index (χ1n) is 7.43. The number of aliphatic hydroxyl groups excluding tert-OH is 1. The van der Waals surface area contributed by atoms with E-state index in [1.54, 1.807) is 24.1 Å². The van der Waals surface area contributed by atoms with E-state index in [1.807, 2.05) is 13.0 Å². The fourth-order valence-corrected chi connectivity index (χ4v) is 2.95. The fourth-order valence-electron chi connectivity index (χ4n) is 2.78. The second kappa shape index (κ2) is 7.14. The Bertz CT molecular complexity index is 507. The number of rotatable bonds is 3. The maximum absolute atomic E-state index is 12.2. The van der Waals surface area contributed by atoms with Gasteiger partial charge in [0.05, 0.1) is 6.10 Å². The van der Waals surface area contributed by atoms with Crippen molar-refractivity contribution < 1.29 is 9.90 Å². The van der Waals surface area contributed by atoms with E-state index in [0.29, 0.717) is 11.6 Å². The molecule has 1 fully saturated rings. The summed E-state index contributed by atoms with van der Waals surface area (Å²) in [7, 11) is 1.76. The number of anilines is 1. The maximum atomic E-state index is 12.2. The number of carbonyl (C=O) groups is 1. The molecule has 1 aromatic carbocycles. The van der Waals surface area contributed by atoms with Crippen LogP contribution in [0.4, 0.5) is 10.5 Å². The van der Waals surface area contributed by atoms with E-state index in [1.165, 1.54) is 0 Å². The van der Waals surface area contributed by atoms with E-state index in [4.69, 9.17) is 11.6 Å². The average Bonchev–Trinajstić information content (AvgIpc) is 2.45. The summed E-state index contributed by atoms with van der Waals surface area (Å²) in [5, 5.41) is 13.5. The first kappa shape index (κ1) is 16.1. The average molecular weight is 311 g/mol. The van der Waals surface area contributed by atoms with Gasteiger partial charge < -0.3 is 15.3 Å². The van der Waals surface area contributed by atoms with Gasteiger partial charge in [-0.1, -0.05) is 30.5 Å². The lowest BCUT2D eigenvalue weighted by atomic mass is 9.86. The van der Waals surface area contributed by atoms with Crippen molar-refractivity contribution in [3.8, 4) is 0 Å². The highest BCUT2D eigenvalue weighted by Crippen LogP contribution is 2.25. The molecule has 2 unspecified atom stereocenters. The number of amides is 2. The highest BCUT2D eigenvalue weighted by atomic mass is 35.5. The summed E-state index contributed by atoms with van der Waals surface area (Å²) in [6.07, 6.45) is 3.74. The molecule has 21 heavy (non-hydrogen) atoms. The molecule has 0 saturated heterocycles. The number of urea groups is 1. The smallest absolute Gasteiger partial charge is 0.321 e. The largest absolute Gasteiger partial charge is 0.393 e. The summed E-state index contributed by atoms with van der Waals surface area (Å²) in [6.45, 7) is 2.50. The zero-order chi connectivity index (χ0) is 15.4. The Balaban J connectivity index is 1.94. The molecule has 0 heterocycles. The van der Waals surface area contributed by atoms with Gasteiger partial charge in [0.15, 0.2) is 0 Å². The monoisotopic (exact) mass is 310 g/mol. The van der Waals surface area contributed by atoms with Gasteiger partial charge >= 0.3 is 6.03 Å². The summed E-state index contributed by atoms with van der Waals surface area (Å²) in [5.41, 5.74) is 1.70. The van der Waals surface area contributed by atoms with E-state index in [0.717, 1.165) is 36.9 Å². The maximum Gasteiger partial charge on any atom is 0.321 e. The molecule has 1 saturated carbocycles. The normalized spacial score (nSPS) is 21.9. The van der Waals surface area contributed by atoms with Gasteiger partial charge in [-0.3, -0.25) is 0 Å². The number of hydrogen-bond donors (Lipinski definition) is 2. The minimum Gasteiger partial charge on any atom is -0.393 e. The molecular formula is C16H23ClN2O2. The zero-order valence-electron chi connectivity index (χ0n) is 12.6. The van der Waals surface area contributed by atoms with Crippen LogP contribution in [0.15, 0.2) is 18.2 Å². The number of nitrogens with zero attached hydrogens (tertiary/aromatic N) is 1. The molecule has 2 N–H and O–H groups in total. The summed E-state index contributed by atoms with van der Waals surface area (Å²) < 4.78 is 0. The number of aryl methyl sites for hydroxylation is 1. The van der Waals surface area contributed by atoms with Gasteiger partial charge in [-0.15, -0.1) is 0 Å². The van der Waals surface area contributed by atoms with Crippen LogP contribution in [0.5, 0.6) is 0 Å². The lowest BCUT2D eigenvalue weighted by Crippen LogP contribution is -2.40. The Morgan fingerprint density at radius 3 is 2.86 bits per heavy atom. The van der Waals surface area contributed by atoms with Crippen molar-refractivity contribution in [2.75, 3.05) is 18.9 Å². The van der Waals surface area contributed by atoms with Gasteiger partial charge in [0.2, 0.25) is 0 Å². The first-order valence-corrected chi connectivity index (χ1v) is 7.81. The van der Waals surface area contributed by atoms with Crippen molar-refractivity contribution >= 4 is 23.3 Å². The van der Waals surface area contributed by atoms with E-state index >= 15 is 0 Å². The van der Waals surface area contributed by atoms with Crippen LogP contribution in [0.3, 0.4) is 0 Å². The van der Waals surface area contributed by atoms with Crippen molar-refractivity contribution in [3.63, 3.8) is 0 Å². The molecule has 5 heteroatoms. The molecule has 0 radical (unpaired) electrons. The molecule has 2 atom stereocenters. The fraction of sp³-hybridized carbons (Fsp3) is 0.562. The molecule has 4 nitrogen and oxygen atoms in total. The van der Waals surface area contributed by atoms with Gasteiger partial charge in [0.25, 0.3) is 0 Å². The molecule has 1 aliphatic rings. The molecule has 0 aromatic heterocycles. The molecule has 0 bridgehead atoms. The highest BCUT2D eigenvalue weighted by molar-refractivity contribution is 6.31. The van der Waals surface area contributed by atoms with Crippen LogP contribution < -0.4 is 5.32 Å². The summed E-state index contributed by atoms with van der Waals surface area (Å²) in [4.78, 5) is 13.9. The number of halogens is 1. The summed E-state index contributed by atoms with van der Waals surface area (Å²) >= 11 is 5.96. The Kier molecular flexibility index (Phi) is 5.48. The van der Waals surface area contributed by atoms with Crippen LogP contribution in [0.25, 0.3) is 0 Å². The molecule has 1 aliphatic carbocycles. The van der Waals surface area contributed by atoms with Crippen molar-refractivity contribution in [1.29, 1.82) is 0 Å². The number of benzene rings is 1. The Morgan fingerprint density at radius 1 is 1.43 bits per heavy atom. The van der Waals surface area contributed by atoms with Crippen LogP contribution in [0, 0.1) is 12.8 Å². The molecule has 2 amide bonds. The predicted molar refractivity (Wildman–Crippen MR) is 85.8 cm³/mol. The van der Waals surface area contributed by atoms with Crippen LogP contribution in [0.1, 0.15) is 31.2 Å². The van der Waals surface area contributed by atoms with E-state index in [2.05, 4.69) is 5.32 Å². The van der Waals surface area contributed by atoms with E-state index in [9.17, 15) is 9.90 Å². The predicted octanol–water partition coefficient (Wildman–Crippen LogP) is 3.66. The minimum absolute atomic E-state index is 0.168. The summed E-state index contributed by atoms with van der Waals surface area (Å²) in [6, 6.07) is 5.26.